The first-order valence-corrected chi connectivity index (χ1v) is 7.29. The van der Waals surface area contributed by atoms with Gasteiger partial charge in [-0.15, -0.1) is 0 Å². The summed E-state index contributed by atoms with van der Waals surface area (Å²) in [4.78, 5) is 14.4. The monoisotopic (exact) mass is 325 g/mol. The molecule has 104 valence electrons. The van der Waals surface area contributed by atoms with E-state index in [-0.39, 0.29) is 5.91 Å². The Morgan fingerprint density at radius 3 is 2.63 bits per heavy atom. The molecule has 19 heavy (non-hydrogen) atoms. The van der Waals surface area contributed by atoms with Gasteiger partial charge in [0.25, 0.3) is 0 Å². The maximum Gasteiger partial charge on any atom is 0.246 e. The van der Waals surface area contributed by atoms with Gasteiger partial charge in [-0.1, -0.05) is 28.1 Å². The van der Waals surface area contributed by atoms with Gasteiger partial charge in [0.1, 0.15) is 5.54 Å². The summed E-state index contributed by atoms with van der Waals surface area (Å²) in [5.74, 6) is 0.385. The van der Waals surface area contributed by atoms with Crippen molar-refractivity contribution in [3.8, 4) is 0 Å². The first kappa shape index (κ1) is 14.5. The Kier molecular flexibility index (Phi) is 4.28. The summed E-state index contributed by atoms with van der Waals surface area (Å²) in [5.41, 5.74) is 11.8. The Balaban J connectivity index is 2.15. The van der Waals surface area contributed by atoms with Crippen molar-refractivity contribution in [2.24, 2.45) is 17.4 Å². The molecule has 0 aliphatic carbocycles. The van der Waals surface area contributed by atoms with Gasteiger partial charge in [0.15, 0.2) is 0 Å². The lowest BCUT2D eigenvalue weighted by Gasteiger charge is -2.29. The van der Waals surface area contributed by atoms with Crippen LogP contribution in [0.15, 0.2) is 28.7 Å². The molecule has 5 heteroatoms. The van der Waals surface area contributed by atoms with E-state index >= 15 is 0 Å². The van der Waals surface area contributed by atoms with Gasteiger partial charge in [0.05, 0.1) is 0 Å². The largest absolute Gasteiger partial charge is 0.340 e. The predicted molar refractivity (Wildman–Crippen MR) is 79.4 cm³/mol. The summed E-state index contributed by atoms with van der Waals surface area (Å²) < 4.78 is 0.976. The molecular weight excluding hydrogens is 306 g/mol. The summed E-state index contributed by atoms with van der Waals surface area (Å²) >= 11 is 3.38. The first-order valence-electron chi connectivity index (χ1n) is 6.49. The van der Waals surface area contributed by atoms with E-state index in [0.29, 0.717) is 12.5 Å². The van der Waals surface area contributed by atoms with E-state index in [1.807, 2.05) is 29.2 Å². The first-order chi connectivity index (χ1) is 8.95. The van der Waals surface area contributed by atoms with Crippen molar-refractivity contribution in [2.75, 3.05) is 19.6 Å². The van der Waals surface area contributed by atoms with Crippen molar-refractivity contribution in [2.45, 2.75) is 18.9 Å². The zero-order chi connectivity index (χ0) is 14.0. The Morgan fingerprint density at radius 2 is 2.11 bits per heavy atom. The lowest BCUT2D eigenvalue weighted by atomic mass is 9.92. The number of carbonyl (C=O) groups excluding carboxylic acids is 1. The van der Waals surface area contributed by atoms with Crippen molar-refractivity contribution in [3.05, 3.63) is 34.3 Å². The third-order valence-electron chi connectivity index (χ3n) is 3.79. The molecule has 0 saturated carbocycles. The second-order valence-corrected chi connectivity index (χ2v) is 6.27. The normalized spacial score (nSPS) is 22.3. The Hall–Kier alpha value is -0.910. The SMILES string of the molecule is CC(N)(C(=O)N1CCC(CN)C1)c1ccc(Br)cc1. The second-order valence-electron chi connectivity index (χ2n) is 5.35. The lowest BCUT2D eigenvalue weighted by molar-refractivity contribution is -0.135. The summed E-state index contributed by atoms with van der Waals surface area (Å²) in [6, 6.07) is 7.58. The molecule has 2 atom stereocenters. The minimum atomic E-state index is -0.982. The average molecular weight is 326 g/mol. The maximum atomic E-state index is 12.6. The average Bonchev–Trinajstić information content (AvgIpc) is 2.87. The highest BCUT2D eigenvalue weighted by Gasteiger charge is 2.37. The highest BCUT2D eigenvalue weighted by molar-refractivity contribution is 9.10. The fraction of sp³-hybridized carbons (Fsp3) is 0.500. The van der Waals surface area contributed by atoms with Gasteiger partial charge in [-0.25, -0.2) is 0 Å². The van der Waals surface area contributed by atoms with E-state index in [0.717, 1.165) is 29.5 Å². The van der Waals surface area contributed by atoms with Gasteiger partial charge in [-0.2, -0.15) is 0 Å². The second kappa shape index (κ2) is 5.61. The summed E-state index contributed by atoms with van der Waals surface area (Å²) in [6.45, 7) is 3.88. The number of carbonyl (C=O) groups is 1. The Labute approximate surface area is 122 Å². The van der Waals surface area contributed by atoms with Gasteiger partial charge in [0.2, 0.25) is 5.91 Å². The molecule has 2 unspecified atom stereocenters. The van der Waals surface area contributed by atoms with Crippen LogP contribution in [0, 0.1) is 5.92 Å². The van der Waals surface area contributed by atoms with E-state index in [4.69, 9.17) is 11.5 Å². The van der Waals surface area contributed by atoms with Crippen LogP contribution in [0.25, 0.3) is 0 Å². The molecule has 1 heterocycles. The number of amides is 1. The van der Waals surface area contributed by atoms with Crippen molar-refractivity contribution >= 4 is 21.8 Å². The van der Waals surface area contributed by atoms with Crippen molar-refractivity contribution in [1.29, 1.82) is 0 Å². The highest BCUT2D eigenvalue weighted by Crippen LogP contribution is 2.25. The molecular formula is C14H20BrN3O. The molecule has 2 rings (SSSR count). The fourth-order valence-corrected chi connectivity index (χ4v) is 2.72. The number of benzene rings is 1. The molecule has 0 bridgehead atoms. The molecule has 1 fully saturated rings. The molecule has 1 aliphatic heterocycles. The van der Waals surface area contributed by atoms with Crippen LogP contribution in [0.4, 0.5) is 0 Å². The van der Waals surface area contributed by atoms with E-state index in [2.05, 4.69) is 15.9 Å². The highest BCUT2D eigenvalue weighted by atomic mass is 79.9. The van der Waals surface area contributed by atoms with Crippen LogP contribution in [0.1, 0.15) is 18.9 Å². The third kappa shape index (κ3) is 2.99. The maximum absolute atomic E-state index is 12.6. The van der Waals surface area contributed by atoms with Crippen LogP contribution in [0.5, 0.6) is 0 Å². The topological polar surface area (TPSA) is 72.4 Å². The molecule has 4 nitrogen and oxygen atoms in total. The van der Waals surface area contributed by atoms with Crippen molar-refractivity contribution < 1.29 is 4.79 Å². The molecule has 0 radical (unpaired) electrons. The molecule has 4 N–H and O–H groups in total. The van der Waals surface area contributed by atoms with Gasteiger partial charge in [-0.3, -0.25) is 4.79 Å². The number of likely N-dealkylation sites (tertiary alicyclic amines) is 1. The quantitative estimate of drug-likeness (QED) is 0.883. The fourth-order valence-electron chi connectivity index (χ4n) is 2.46. The molecule has 1 saturated heterocycles. The van der Waals surface area contributed by atoms with Gasteiger partial charge in [0, 0.05) is 17.6 Å². The summed E-state index contributed by atoms with van der Waals surface area (Å²) in [5, 5.41) is 0. The number of nitrogens with two attached hydrogens (primary N) is 2. The zero-order valence-corrected chi connectivity index (χ0v) is 12.7. The zero-order valence-electron chi connectivity index (χ0n) is 11.1. The van der Waals surface area contributed by atoms with Gasteiger partial charge < -0.3 is 16.4 Å². The van der Waals surface area contributed by atoms with Crippen molar-refractivity contribution in [3.63, 3.8) is 0 Å². The van der Waals surface area contributed by atoms with Crippen LogP contribution >= 0.6 is 15.9 Å². The Bertz CT molecular complexity index is 458. The minimum absolute atomic E-state index is 0.0224. The smallest absolute Gasteiger partial charge is 0.246 e. The number of halogens is 1. The lowest BCUT2D eigenvalue weighted by Crippen LogP contribution is -2.50. The molecule has 0 spiro atoms. The summed E-state index contributed by atoms with van der Waals surface area (Å²) in [7, 11) is 0. The van der Waals surface area contributed by atoms with Gasteiger partial charge in [-0.05, 0) is 43.5 Å². The Morgan fingerprint density at radius 1 is 1.47 bits per heavy atom. The third-order valence-corrected chi connectivity index (χ3v) is 4.32. The standard InChI is InChI=1S/C14H20BrN3O/c1-14(17,11-2-4-12(15)5-3-11)13(19)18-7-6-10(8-16)9-18/h2-5,10H,6-9,16-17H2,1H3. The van der Waals surface area contributed by atoms with E-state index in [1.54, 1.807) is 6.92 Å². The van der Waals surface area contributed by atoms with Crippen LogP contribution in [0.3, 0.4) is 0 Å². The molecule has 1 aliphatic rings. The van der Waals surface area contributed by atoms with Crippen LogP contribution < -0.4 is 11.5 Å². The van der Waals surface area contributed by atoms with Crippen molar-refractivity contribution in [1.82, 2.24) is 4.90 Å². The predicted octanol–water partition coefficient (Wildman–Crippen LogP) is 1.43. The van der Waals surface area contributed by atoms with Crippen LogP contribution in [-0.2, 0) is 10.3 Å². The number of rotatable bonds is 3. The van der Waals surface area contributed by atoms with E-state index in [9.17, 15) is 4.79 Å². The van der Waals surface area contributed by atoms with E-state index in [1.165, 1.54) is 0 Å². The van der Waals surface area contributed by atoms with Gasteiger partial charge >= 0.3 is 0 Å². The van der Waals surface area contributed by atoms with Crippen LogP contribution in [0.2, 0.25) is 0 Å². The summed E-state index contributed by atoms with van der Waals surface area (Å²) in [6.07, 6.45) is 0.971. The molecule has 1 amide bonds. The molecule has 1 aromatic carbocycles. The number of nitrogens with zero attached hydrogens (tertiary/aromatic N) is 1. The van der Waals surface area contributed by atoms with Crippen LogP contribution in [-0.4, -0.2) is 30.4 Å². The molecule has 0 aromatic heterocycles. The number of hydrogen-bond donors (Lipinski definition) is 2. The molecule has 1 aromatic rings. The minimum Gasteiger partial charge on any atom is -0.340 e. The van der Waals surface area contributed by atoms with E-state index < -0.39 is 5.54 Å². The number of hydrogen-bond acceptors (Lipinski definition) is 3.